The second-order valence-electron chi connectivity index (χ2n) is 2.34. The number of rotatable bonds is 4. The maximum atomic E-state index is 10.8. The van der Waals surface area contributed by atoms with Crippen LogP contribution < -0.4 is 11.2 Å². The minimum Gasteiger partial charge on any atom is -0.354 e. The number of nitrogens with one attached hydrogen (secondary N) is 1. The van der Waals surface area contributed by atoms with Crippen LogP contribution in [0.5, 0.6) is 0 Å². The van der Waals surface area contributed by atoms with Gasteiger partial charge in [-0.25, -0.2) is 5.90 Å². The van der Waals surface area contributed by atoms with Crippen molar-refractivity contribution in [2.45, 2.75) is 26.3 Å². The molecule has 0 aliphatic carbocycles. The molecule has 0 spiro atoms. The topological polar surface area (TPSA) is 64.3 Å². The Labute approximate surface area is 60.7 Å². The Bertz CT molecular complexity index is 104. The van der Waals surface area contributed by atoms with E-state index in [4.69, 9.17) is 5.90 Å². The SMILES string of the molecule is CC(C)NC(=O)CCON. The molecule has 4 nitrogen and oxygen atoms in total. The van der Waals surface area contributed by atoms with Gasteiger partial charge in [0.25, 0.3) is 0 Å². The predicted octanol–water partition coefficient (Wildman–Crippen LogP) is -0.209. The van der Waals surface area contributed by atoms with Gasteiger partial charge in [-0.2, -0.15) is 0 Å². The van der Waals surface area contributed by atoms with Gasteiger partial charge < -0.3 is 10.2 Å². The quantitative estimate of drug-likeness (QED) is 0.539. The molecule has 0 aromatic rings. The van der Waals surface area contributed by atoms with E-state index in [9.17, 15) is 4.79 Å². The van der Waals surface area contributed by atoms with Gasteiger partial charge in [-0.05, 0) is 13.8 Å². The van der Waals surface area contributed by atoms with Gasteiger partial charge in [-0.15, -0.1) is 0 Å². The molecule has 1 amide bonds. The van der Waals surface area contributed by atoms with Crippen molar-refractivity contribution in [1.82, 2.24) is 5.32 Å². The second kappa shape index (κ2) is 5.20. The molecule has 0 heterocycles. The molecule has 0 aromatic heterocycles. The summed E-state index contributed by atoms with van der Waals surface area (Å²) in [6.45, 7) is 4.08. The van der Waals surface area contributed by atoms with Crippen LogP contribution in [0.15, 0.2) is 0 Å². The molecule has 0 fully saturated rings. The number of nitrogens with two attached hydrogens (primary N) is 1. The molecule has 0 saturated carbocycles. The van der Waals surface area contributed by atoms with Crippen LogP contribution in [0.3, 0.4) is 0 Å². The maximum absolute atomic E-state index is 10.8. The van der Waals surface area contributed by atoms with Gasteiger partial charge in [0.1, 0.15) is 0 Å². The average Bonchev–Trinajstić information content (AvgIpc) is 1.82. The normalized spacial score (nSPS) is 10.0. The Balaban J connectivity index is 3.26. The lowest BCUT2D eigenvalue weighted by molar-refractivity contribution is -0.122. The van der Waals surface area contributed by atoms with E-state index in [1.165, 1.54) is 0 Å². The third-order valence-electron chi connectivity index (χ3n) is 0.897. The van der Waals surface area contributed by atoms with Gasteiger partial charge in [0.05, 0.1) is 13.0 Å². The number of hydrogen-bond donors (Lipinski definition) is 2. The van der Waals surface area contributed by atoms with Crippen molar-refractivity contribution in [3.8, 4) is 0 Å². The van der Waals surface area contributed by atoms with Crippen LogP contribution in [0, 0.1) is 0 Å². The Morgan fingerprint density at radius 3 is 2.70 bits per heavy atom. The molecule has 0 bridgehead atoms. The van der Waals surface area contributed by atoms with Crippen molar-refractivity contribution >= 4 is 5.91 Å². The van der Waals surface area contributed by atoms with E-state index in [1.54, 1.807) is 0 Å². The number of hydrogen-bond acceptors (Lipinski definition) is 3. The Kier molecular flexibility index (Phi) is 4.88. The van der Waals surface area contributed by atoms with E-state index in [1.807, 2.05) is 13.8 Å². The fourth-order valence-corrected chi connectivity index (χ4v) is 0.546. The van der Waals surface area contributed by atoms with Gasteiger partial charge in [0.15, 0.2) is 0 Å². The lowest BCUT2D eigenvalue weighted by Crippen LogP contribution is -2.30. The van der Waals surface area contributed by atoms with Crippen LogP contribution in [0.1, 0.15) is 20.3 Å². The second-order valence-corrected chi connectivity index (χ2v) is 2.34. The summed E-state index contributed by atoms with van der Waals surface area (Å²) >= 11 is 0. The van der Waals surface area contributed by atoms with Gasteiger partial charge in [0, 0.05) is 6.04 Å². The highest BCUT2D eigenvalue weighted by Gasteiger charge is 2.00. The third-order valence-corrected chi connectivity index (χ3v) is 0.897. The maximum Gasteiger partial charge on any atom is 0.222 e. The zero-order chi connectivity index (χ0) is 7.98. The standard InChI is InChI=1S/C6H14N2O2/c1-5(2)8-6(9)3-4-10-7/h5H,3-4,7H2,1-2H3,(H,8,9). The predicted molar refractivity (Wildman–Crippen MR) is 38.0 cm³/mol. The first kappa shape index (κ1) is 9.39. The summed E-state index contributed by atoms with van der Waals surface area (Å²) in [5.41, 5.74) is 0. The molecule has 60 valence electrons. The molecule has 0 rings (SSSR count). The molecule has 0 aliphatic heterocycles. The van der Waals surface area contributed by atoms with E-state index in [0.29, 0.717) is 6.42 Å². The summed E-state index contributed by atoms with van der Waals surface area (Å²) in [6, 6.07) is 0.185. The van der Waals surface area contributed by atoms with Crippen molar-refractivity contribution in [3.05, 3.63) is 0 Å². The Morgan fingerprint density at radius 2 is 2.30 bits per heavy atom. The summed E-state index contributed by atoms with van der Waals surface area (Å²) in [5, 5.41) is 2.70. The first-order chi connectivity index (χ1) is 4.66. The van der Waals surface area contributed by atoms with Crippen LogP contribution >= 0.6 is 0 Å². The first-order valence-corrected chi connectivity index (χ1v) is 3.28. The molecule has 0 atom stereocenters. The fourth-order valence-electron chi connectivity index (χ4n) is 0.546. The Hall–Kier alpha value is -0.610. The first-order valence-electron chi connectivity index (χ1n) is 3.28. The molecular weight excluding hydrogens is 132 g/mol. The van der Waals surface area contributed by atoms with Gasteiger partial charge in [-0.3, -0.25) is 4.79 Å². The molecule has 4 heteroatoms. The van der Waals surface area contributed by atoms with Gasteiger partial charge in [0.2, 0.25) is 5.91 Å². The van der Waals surface area contributed by atoms with E-state index >= 15 is 0 Å². The van der Waals surface area contributed by atoms with Crippen molar-refractivity contribution in [2.24, 2.45) is 5.90 Å². The molecule has 10 heavy (non-hydrogen) atoms. The van der Waals surface area contributed by atoms with Crippen LogP contribution in [0.2, 0.25) is 0 Å². The summed E-state index contributed by atoms with van der Waals surface area (Å²) in [5.74, 6) is 4.70. The average molecular weight is 146 g/mol. The van der Waals surface area contributed by atoms with E-state index in [0.717, 1.165) is 0 Å². The molecule has 0 aromatic carbocycles. The minimum atomic E-state index is -0.0274. The molecule has 0 aliphatic rings. The van der Waals surface area contributed by atoms with Crippen LogP contribution in [0.4, 0.5) is 0 Å². The third kappa shape index (κ3) is 5.53. The summed E-state index contributed by atoms with van der Waals surface area (Å²) in [6.07, 6.45) is 0.328. The lowest BCUT2D eigenvalue weighted by Gasteiger charge is -2.06. The van der Waals surface area contributed by atoms with Crippen LogP contribution in [-0.2, 0) is 9.63 Å². The zero-order valence-corrected chi connectivity index (χ0v) is 6.39. The molecule has 0 saturated heterocycles. The summed E-state index contributed by atoms with van der Waals surface area (Å²) < 4.78 is 0. The molecule has 0 radical (unpaired) electrons. The van der Waals surface area contributed by atoms with E-state index in [-0.39, 0.29) is 18.6 Å². The lowest BCUT2D eigenvalue weighted by atomic mass is 10.3. The molecule has 0 unspecified atom stereocenters. The highest BCUT2D eigenvalue weighted by Crippen LogP contribution is 1.82. The van der Waals surface area contributed by atoms with Crippen LogP contribution in [-0.4, -0.2) is 18.6 Å². The van der Waals surface area contributed by atoms with E-state index < -0.39 is 0 Å². The zero-order valence-electron chi connectivity index (χ0n) is 6.39. The van der Waals surface area contributed by atoms with E-state index in [2.05, 4.69) is 10.2 Å². The number of amides is 1. The van der Waals surface area contributed by atoms with Crippen molar-refractivity contribution < 1.29 is 9.63 Å². The van der Waals surface area contributed by atoms with Crippen molar-refractivity contribution in [3.63, 3.8) is 0 Å². The highest BCUT2D eigenvalue weighted by molar-refractivity contribution is 5.76. The van der Waals surface area contributed by atoms with Gasteiger partial charge in [-0.1, -0.05) is 0 Å². The van der Waals surface area contributed by atoms with Crippen molar-refractivity contribution in [1.29, 1.82) is 0 Å². The fraction of sp³-hybridized carbons (Fsp3) is 0.833. The largest absolute Gasteiger partial charge is 0.354 e. The summed E-state index contributed by atoms with van der Waals surface area (Å²) in [7, 11) is 0. The van der Waals surface area contributed by atoms with Crippen molar-refractivity contribution in [2.75, 3.05) is 6.61 Å². The monoisotopic (exact) mass is 146 g/mol. The van der Waals surface area contributed by atoms with Crippen LogP contribution in [0.25, 0.3) is 0 Å². The highest BCUT2D eigenvalue weighted by atomic mass is 16.6. The number of carbonyl (C=O) groups excluding carboxylic acids is 1. The molecule has 3 N–H and O–H groups in total. The molecular formula is C6H14N2O2. The Morgan fingerprint density at radius 1 is 1.70 bits per heavy atom. The number of carbonyl (C=O) groups is 1. The minimum absolute atomic E-state index is 0.0274. The smallest absolute Gasteiger partial charge is 0.222 e. The summed E-state index contributed by atoms with van der Waals surface area (Å²) in [4.78, 5) is 15.0. The van der Waals surface area contributed by atoms with Gasteiger partial charge >= 0.3 is 0 Å².